The van der Waals surface area contributed by atoms with Gasteiger partial charge in [0.25, 0.3) is 5.91 Å². The second kappa shape index (κ2) is 7.28. The molecule has 0 saturated carbocycles. The van der Waals surface area contributed by atoms with Crippen molar-refractivity contribution in [3.63, 3.8) is 0 Å². The first kappa shape index (κ1) is 18.1. The number of amides is 1. The van der Waals surface area contributed by atoms with Crippen LogP contribution in [0.2, 0.25) is 0 Å². The van der Waals surface area contributed by atoms with Crippen molar-refractivity contribution >= 4 is 27.7 Å². The van der Waals surface area contributed by atoms with E-state index in [0.717, 1.165) is 4.68 Å². The first-order valence-electron chi connectivity index (χ1n) is 7.28. The fraction of sp³-hybridized carbons (Fsp3) is 0.0588. The smallest absolute Gasteiger partial charge is 0.258 e. The first-order chi connectivity index (χ1) is 12.4. The van der Waals surface area contributed by atoms with Crippen LogP contribution in [0.15, 0.2) is 47.1 Å². The Labute approximate surface area is 153 Å². The zero-order chi connectivity index (χ0) is 18.8. The van der Waals surface area contributed by atoms with Gasteiger partial charge in [0.05, 0.1) is 17.7 Å². The molecule has 1 N–H and O–H groups in total. The van der Waals surface area contributed by atoms with Gasteiger partial charge < -0.3 is 5.32 Å². The highest BCUT2D eigenvalue weighted by molar-refractivity contribution is 9.10. The number of carbonyl (C=O) groups is 1. The molecule has 26 heavy (non-hydrogen) atoms. The highest BCUT2D eigenvalue weighted by atomic mass is 79.9. The lowest BCUT2D eigenvalue weighted by molar-refractivity contribution is 0.102. The molecule has 0 aliphatic rings. The number of anilines is 1. The molecule has 4 nitrogen and oxygen atoms in total. The molecular weight excluding hydrogens is 418 g/mol. The summed E-state index contributed by atoms with van der Waals surface area (Å²) in [5.74, 6) is -6.29. The van der Waals surface area contributed by atoms with Crippen molar-refractivity contribution in [2.75, 3.05) is 5.32 Å². The highest BCUT2D eigenvalue weighted by Gasteiger charge is 2.20. The maximum Gasteiger partial charge on any atom is 0.258 e. The second-order valence-corrected chi connectivity index (χ2v) is 6.13. The Kier molecular flexibility index (Phi) is 5.08. The number of rotatable bonds is 4. The van der Waals surface area contributed by atoms with E-state index in [4.69, 9.17) is 0 Å². The summed E-state index contributed by atoms with van der Waals surface area (Å²) < 4.78 is 55.6. The molecule has 1 heterocycles. The molecule has 0 atom stereocenters. The Morgan fingerprint density at radius 3 is 2.38 bits per heavy atom. The third-order valence-corrected chi connectivity index (χ3v) is 4.22. The zero-order valence-electron chi connectivity index (χ0n) is 12.9. The molecule has 0 radical (unpaired) electrons. The van der Waals surface area contributed by atoms with Gasteiger partial charge in [0.15, 0.2) is 29.1 Å². The molecule has 0 unspecified atom stereocenters. The topological polar surface area (TPSA) is 46.9 Å². The number of hydrogen-bond donors (Lipinski definition) is 1. The molecule has 9 heteroatoms. The third kappa shape index (κ3) is 3.62. The van der Waals surface area contributed by atoms with Crippen LogP contribution < -0.4 is 5.32 Å². The van der Waals surface area contributed by atoms with Crippen LogP contribution in [0, 0.1) is 23.3 Å². The van der Waals surface area contributed by atoms with Crippen molar-refractivity contribution in [2.24, 2.45) is 0 Å². The minimum Gasteiger partial charge on any atom is -0.305 e. The highest BCUT2D eigenvalue weighted by Crippen LogP contribution is 2.21. The Bertz CT molecular complexity index is 964. The lowest BCUT2D eigenvalue weighted by Gasteiger charge is -2.07. The zero-order valence-corrected chi connectivity index (χ0v) is 14.5. The van der Waals surface area contributed by atoms with E-state index >= 15 is 0 Å². The molecule has 0 aliphatic carbocycles. The standard InChI is InChI=1S/C17H10BrF4N3O/c18-11-4-2-1-3-9(11)17(26)23-14-5-6-25(24-14)8-10-15(21)12(19)7-13(20)16(10)22/h1-7H,8H2,(H,23,24,26). The van der Waals surface area contributed by atoms with Crippen LogP contribution in [0.5, 0.6) is 0 Å². The van der Waals surface area contributed by atoms with Crippen molar-refractivity contribution in [1.29, 1.82) is 0 Å². The number of nitrogens with one attached hydrogen (secondary N) is 1. The van der Waals surface area contributed by atoms with Gasteiger partial charge in [0.1, 0.15) is 0 Å². The number of hydrogen-bond acceptors (Lipinski definition) is 2. The van der Waals surface area contributed by atoms with E-state index in [1.807, 2.05) is 0 Å². The van der Waals surface area contributed by atoms with E-state index in [9.17, 15) is 22.4 Å². The van der Waals surface area contributed by atoms with Crippen LogP contribution in [0.1, 0.15) is 15.9 Å². The number of benzene rings is 2. The Morgan fingerprint density at radius 1 is 1.08 bits per heavy atom. The predicted octanol–water partition coefficient (Wildman–Crippen LogP) is 4.50. The average molecular weight is 428 g/mol. The fourth-order valence-electron chi connectivity index (χ4n) is 2.27. The molecule has 0 bridgehead atoms. The van der Waals surface area contributed by atoms with Crippen molar-refractivity contribution in [3.05, 3.63) is 81.5 Å². The summed E-state index contributed by atoms with van der Waals surface area (Å²) in [5, 5.41) is 6.45. The monoisotopic (exact) mass is 427 g/mol. The average Bonchev–Trinajstić information content (AvgIpc) is 3.04. The molecule has 1 aromatic heterocycles. The summed E-state index contributed by atoms with van der Waals surface area (Å²) in [7, 11) is 0. The van der Waals surface area contributed by atoms with Gasteiger partial charge in [-0.1, -0.05) is 12.1 Å². The minimum absolute atomic E-state index is 0.114. The van der Waals surface area contributed by atoms with Gasteiger partial charge in [0.2, 0.25) is 0 Å². The number of carbonyl (C=O) groups excluding carboxylic acids is 1. The van der Waals surface area contributed by atoms with Crippen molar-refractivity contribution in [1.82, 2.24) is 9.78 Å². The lowest BCUT2D eigenvalue weighted by Crippen LogP contribution is -2.14. The van der Waals surface area contributed by atoms with Crippen LogP contribution >= 0.6 is 15.9 Å². The Hall–Kier alpha value is -2.68. The van der Waals surface area contributed by atoms with E-state index in [-0.39, 0.29) is 11.9 Å². The van der Waals surface area contributed by atoms with Crippen LogP contribution in [0.25, 0.3) is 0 Å². The minimum atomic E-state index is -1.49. The Balaban J connectivity index is 1.79. The summed E-state index contributed by atoms with van der Waals surface area (Å²) in [5.41, 5.74) is -0.430. The number of aromatic nitrogens is 2. The third-order valence-electron chi connectivity index (χ3n) is 3.52. The van der Waals surface area contributed by atoms with Gasteiger partial charge in [0, 0.05) is 22.8 Å². The van der Waals surface area contributed by atoms with E-state index in [1.54, 1.807) is 24.3 Å². The van der Waals surface area contributed by atoms with Gasteiger partial charge in [-0.05, 0) is 28.1 Å². The SMILES string of the molecule is O=C(Nc1ccn(Cc2c(F)c(F)cc(F)c2F)n1)c1ccccc1Br. The largest absolute Gasteiger partial charge is 0.305 e. The summed E-state index contributed by atoms with van der Waals surface area (Å²) in [6, 6.07) is 8.24. The van der Waals surface area contributed by atoms with E-state index in [2.05, 4.69) is 26.3 Å². The van der Waals surface area contributed by atoms with Crippen LogP contribution in [-0.2, 0) is 6.54 Å². The summed E-state index contributed by atoms with van der Waals surface area (Å²) in [6.45, 7) is -0.544. The van der Waals surface area contributed by atoms with E-state index in [1.165, 1.54) is 12.3 Å². The van der Waals surface area contributed by atoms with Gasteiger partial charge >= 0.3 is 0 Å². The van der Waals surface area contributed by atoms with Crippen LogP contribution in [0.3, 0.4) is 0 Å². The molecular formula is C17H10BrF4N3O. The van der Waals surface area contributed by atoms with Crippen LogP contribution in [-0.4, -0.2) is 15.7 Å². The maximum atomic E-state index is 13.7. The predicted molar refractivity (Wildman–Crippen MR) is 89.7 cm³/mol. The summed E-state index contributed by atoms with van der Waals surface area (Å²) in [6.07, 6.45) is 1.32. The maximum absolute atomic E-state index is 13.7. The Morgan fingerprint density at radius 2 is 1.73 bits per heavy atom. The molecule has 0 saturated heterocycles. The number of nitrogens with zero attached hydrogens (tertiary/aromatic N) is 2. The molecule has 0 spiro atoms. The van der Waals surface area contributed by atoms with Gasteiger partial charge in [-0.15, -0.1) is 0 Å². The summed E-state index contributed by atoms with van der Waals surface area (Å²) in [4.78, 5) is 12.2. The summed E-state index contributed by atoms with van der Waals surface area (Å²) >= 11 is 3.25. The first-order valence-corrected chi connectivity index (χ1v) is 8.07. The van der Waals surface area contributed by atoms with Gasteiger partial charge in [-0.25, -0.2) is 17.6 Å². The normalized spacial score (nSPS) is 10.8. The number of halogens is 5. The molecule has 0 aliphatic heterocycles. The van der Waals surface area contributed by atoms with E-state index < -0.39 is 41.3 Å². The van der Waals surface area contributed by atoms with Crippen molar-refractivity contribution < 1.29 is 22.4 Å². The molecule has 0 fully saturated rings. The molecule has 1 amide bonds. The van der Waals surface area contributed by atoms with Crippen molar-refractivity contribution in [3.8, 4) is 0 Å². The van der Waals surface area contributed by atoms with Crippen LogP contribution in [0.4, 0.5) is 23.4 Å². The van der Waals surface area contributed by atoms with Gasteiger partial charge in [-0.3, -0.25) is 9.48 Å². The molecule has 3 aromatic rings. The quantitative estimate of drug-likeness (QED) is 0.492. The molecule has 3 rings (SSSR count). The fourth-order valence-corrected chi connectivity index (χ4v) is 2.73. The second-order valence-electron chi connectivity index (χ2n) is 5.28. The van der Waals surface area contributed by atoms with Crippen molar-refractivity contribution in [2.45, 2.75) is 6.54 Å². The van der Waals surface area contributed by atoms with E-state index in [0.29, 0.717) is 10.0 Å². The van der Waals surface area contributed by atoms with Gasteiger partial charge in [-0.2, -0.15) is 5.10 Å². The molecule has 2 aromatic carbocycles. The lowest BCUT2D eigenvalue weighted by atomic mass is 10.2. The molecule has 134 valence electrons.